The summed E-state index contributed by atoms with van der Waals surface area (Å²) in [6, 6.07) is 11.0. The summed E-state index contributed by atoms with van der Waals surface area (Å²) in [4.78, 5) is 46.2. The van der Waals surface area contributed by atoms with E-state index in [1.54, 1.807) is 37.3 Å². The molecule has 0 radical (unpaired) electrons. The molecular weight excluding hydrogens is 427 g/mol. The molecule has 0 atom stereocenters. The Morgan fingerprint density at radius 1 is 1.09 bits per heavy atom. The molecule has 2 aromatic carbocycles. The highest BCUT2D eigenvalue weighted by atomic mass is 19.1. The number of carboxylic acids is 1. The minimum atomic E-state index is -1.25. The normalized spacial score (nSPS) is 11.3. The lowest BCUT2D eigenvalue weighted by atomic mass is 10.0. The maximum absolute atomic E-state index is 14.6. The average molecular weight is 444 g/mol. The van der Waals surface area contributed by atoms with E-state index < -0.39 is 17.3 Å². The van der Waals surface area contributed by atoms with Crippen LogP contribution in [0.5, 0.6) is 0 Å². The fraction of sp³-hybridized carbons (Fsp3) is 0.0833. The van der Waals surface area contributed by atoms with Crippen molar-refractivity contribution in [2.75, 3.05) is 0 Å². The maximum atomic E-state index is 14.6. The van der Waals surface area contributed by atoms with E-state index in [2.05, 4.69) is 15.0 Å². The van der Waals surface area contributed by atoms with Gasteiger partial charge in [-0.15, -0.1) is 0 Å². The topological polar surface area (TPSA) is 121 Å². The molecule has 0 aliphatic heterocycles. The molecule has 0 bridgehead atoms. The van der Waals surface area contributed by atoms with Crippen LogP contribution < -0.4 is 11.1 Å². The first-order chi connectivity index (χ1) is 15.8. The third-order valence-electron chi connectivity index (χ3n) is 5.68. The van der Waals surface area contributed by atoms with Crippen LogP contribution in [0.2, 0.25) is 0 Å². The molecule has 0 aliphatic rings. The average Bonchev–Trinajstić information content (AvgIpc) is 3.07. The lowest BCUT2D eigenvalue weighted by Gasteiger charge is -2.10. The summed E-state index contributed by atoms with van der Waals surface area (Å²) in [5.74, 6) is -1.74. The molecule has 3 N–H and O–H groups in total. The Bertz CT molecular complexity index is 1700. The number of fused-ring (bicyclic) bond motifs is 2. The van der Waals surface area contributed by atoms with Gasteiger partial charge < -0.3 is 19.6 Å². The number of aromatic carboxylic acids is 1. The van der Waals surface area contributed by atoms with Crippen molar-refractivity contribution < 1.29 is 14.3 Å². The van der Waals surface area contributed by atoms with E-state index >= 15 is 0 Å². The number of halogens is 1. The fourth-order valence-corrected chi connectivity index (χ4v) is 4.15. The van der Waals surface area contributed by atoms with Crippen LogP contribution in [-0.2, 0) is 6.54 Å². The monoisotopic (exact) mass is 444 g/mol. The molecule has 164 valence electrons. The molecule has 3 heterocycles. The summed E-state index contributed by atoms with van der Waals surface area (Å²) in [7, 11) is 0. The van der Waals surface area contributed by atoms with Crippen molar-refractivity contribution in [1.82, 2.24) is 19.5 Å². The number of hydrogen-bond donors (Lipinski definition) is 3. The van der Waals surface area contributed by atoms with Gasteiger partial charge in [0.05, 0.1) is 22.7 Å². The van der Waals surface area contributed by atoms with Crippen molar-refractivity contribution in [1.29, 1.82) is 0 Å². The van der Waals surface area contributed by atoms with E-state index in [0.29, 0.717) is 32.9 Å². The molecule has 5 aromatic rings. The Labute approximate surface area is 185 Å². The van der Waals surface area contributed by atoms with Crippen molar-refractivity contribution >= 4 is 27.8 Å². The number of nitrogens with zero attached hydrogens (tertiary/aromatic N) is 2. The summed E-state index contributed by atoms with van der Waals surface area (Å²) >= 11 is 0. The van der Waals surface area contributed by atoms with Crippen LogP contribution in [0.3, 0.4) is 0 Å². The largest absolute Gasteiger partial charge is 0.477 e. The number of H-pyrrole nitrogens is 2. The summed E-state index contributed by atoms with van der Waals surface area (Å²) < 4.78 is 16.0. The van der Waals surface area contributed by atoms with Crippen LogP contribution in [0.15, 0.2) is 64.6 Å². The standard InChI is InChI=1S/C24H17FN4O4/c1-12-7-16-19(9-17(12)25)29(10-13-4-5-14-18(8-13)27-11-28-22(14)30)21(24(32)33)20(16)15-3-2-6-26-23(15)31/h2-9,11H,10H2,1H3,(H,26,31)(H,32,33)(H,27,28,30). The lowest BCUT2D eigenvalue weighted by Crippen LogP contribution is -2.14. The fourth-order valence-electron chi connectivity index (χ4n) is 4.15. The van der Waals surface area contributed by atoms with Crippen LogP contribution >= 0.6 is 0 Å². The Kier molecular flexibility index (Phi) is 4.67. The molecule has 0 saturated heterocycles. The highest BCUT2D eigenvalue weighted by molar-refractivity contribution is 6.08. The van der Waals surface area contributed by atoms with Crippen molar-refractivity contribution in [3.05, 3.63) is 98.3 Å². The van der Waals surface area contributed by atoms with Crippen LogP contribution in [0, 0.1) is 12.7 Å². The Balaban J connectivity index is 1.82. The number of pyridine rings is 1. The zero-order valence-corrected chi connectivity index (χ0v) is 17.3. The van der Waals surface area contributed by atoms with Crippen LogP contribution in [-0.4, -0.2) is 30.6 Å². The highest BCUT2D eigenvalue weighted by Crippen LogP contribution is 2.35. The number of carbonyl (C=O) groups is 1. The molecule has 9 heteroatoms. The van der Waals surface area contributed by atoms with Gasteiger partial charge in [0.1, 0.15) is 11.5 Å². The van der Waals surface area contributed by atoms with Gasteiger partial charge in [-0.25, -0.2) is 14.2 Å². The second-order valence-electron chi connectivity index (χ2n) is 7.73. The predicted molar refractivity (Wildman–Crippen MR) is 121 cm³/mol. The first-order valence-corrected chi connectivity index (χ1v) is 10.0. The summed E-state index contributed by atoms with van der Waals surface area (Å²) in [5, 5.41) is 11.0. The van der Waals surface area contributed by atoms with Gasteiger partial charge in [-0.3, -0.25) is 9.59 Å². The molecule has 0 spiro atoms. The van der Waals surface area contributed by atoms with Gasteiger partial charge in [0.2, 0.25) is 0 Å². The van der Waals surface area contributed by atoms with Gasteiger partial charge in [0.25, 0.3) is 11.1 Å². The van der Waals surface area contributed by atoms with Crippen molar-refractivity contribution in [3.8, 4) is 11.1 Å². The van der Waals surface area contributed by atoms with Crippen LogP contribution in [0.4, 0.5) is 4.39 Å². The first-order valence-electron chi connectivity index (χ1n) is 10.0. The molecule has 0 unspecified atom stereocenters. The SMILES string of the molecule is Cc1cc2c(-c3ccc[nH]c3=O)c(C(=O)O)n(Cc3ccc4c(=O)[nH]cnc4c3)c2cc1F. The number of aromatic amines is 2. The zero-order chi connectivity index (χ0) is 23.3. The van der Waals surface area contributed by atoms with Crippen LogP contribution in [0.25, 0.3) is 32.9 Å². The number of carboxylic acid groups (broad SMARTS) is 1. The summed E-state index contributed by atoms with van der Waals surface area (Å²) in [6.07, 6.45) is 2.75. The van der Waals surface area contributed by atoms with E-state index in [1.165, 1.54) is 29.2 Å². The van der Waals surface area contributed by atoms with Gasteiger partial charge in [-0.05, 0) is 54.4 Å². The van der Waals surface area contributed by atoms with Gasteiger partial charge >= 0.3 is 5.97 Å². The highest BCUT2D eigenvalue weighted by Gasteiger charge is 2.26. The second-order valence-corrected chi connectivity index (χ2v) is 7.73. The Morgan fingerprint density at radius 3 is 2.67 bits per heavy atom. The maximum Gasteiger partial charge on any atom is 0.353 e. The van der Waals surface area contributed by atoms with E-state index in [-0.39, 0.29) is 28.9 Å². The number of rotatable bonds is 4. The van der Waals surface area contributed by atoms with Gasteiger partial charge in [-0.2, -0.15) is 0 Å². The van der Waals surface area contributed by atoms with Crippen LogP contribution in [0.1, 0.15) is 21.6 Å². The molecule has 0 fully saturated rings. The van der Waals surface area contributed by atoms with Crippen molar-refractivity contribution in [2.45, 2.75) is 13.5 Å². The summed E-state index contributed by atoms with van der Waals surface area (Å²) in [6.45, 7) is 1.65. The summed E-state index contributed by atoms with van der Waals surface area (Å²) in [5.41, 5.74) is 1.32. The Hall–Kier alpha value is -4.53. The molecule has 0 amide bonds. The first kappa shape index (κ1) is 20.4. The van der Waals surface area contributed by atoms with Gasteiger partial charge in [0.15, 0.2) is 0 Å². The molecule has 3 aromatic heterocycles. The number of benzene rings is 2. The Morgan fingerprint density at radius 2 is 1.91 bits per heavy atom. The van der Waals surface area contributed by atoms with E-state index in [0.717, 1.165) is 0 Å². The second kappa shape index (κ2) is 7.56. The van der Waals surface area contributed by atoms with E-state index in [4.69, 9.17) is 0 Å². The molecule has 33 heavy (non-hydrogen) atoms. The predicted octanol–water partition coefficient (Wildman–Crippen LogP) is 3.43. The van der Waals surface area contributed by atoms with Crippen molar-refractivity contribution in [3.63, 3.8) is 0 Å². The van der Waals surface area contributed by atoms with E-state index in [9.17, 15) is 23.9 Å². The number of nitrogens with one attached hydrogen (secondary N) is 2. The van der Waals surface area contributed by atoms with E-state index in [1.807, 2.05) is 0 Å². The van der Waals surface area contributed by atoms with Gasteiger partial charge in [0, 0.05) is 29.3 Å². The molecule has 8 nitrogen and oxygen atoms in total. The third-order valence-corrected chi connectivity index (χ3v) is 5.68. The van der Waals surface area contributed by atoms with Gasteiger partial charge in [-0.1, -0.05) is 6.07 Å². The number of aromatic nitrogens is 4. The number of aryl methyl sites for hydroxylation is 1. The minimum Gasteiger partial charge on any atom is -0.477 e. The smallest absolute Gasteiger partial charge is 0.353 e. The zero-order valence-electron chi connectivity index (χ0n) is 17.3. The molecule has 0 aliphatic carbocycles. The minimum absolute atomic E-state index is 0.0653. The third kappa shape index (κ3) is 3.30. The molecular formula is C24H17FN4O4. The lowest BCUT2D eigenvalue weighted by molar-refractivity contribution is 0.0687. The quantitative estimate of drug-likeness (QED) is 0.392. The molecule has 0 saturated carbocycles. The van der Waals surface area contributed by atoms with Crippen molar-refractivity contribution in [2.24, 2.45) is 0 Å². The molecule has 5 rings (SSSR count). The number of hydrogen-bond acceptors (Lipinski definition) is 4.